The van der Waals surface area contributed by atoms with E-state index in [1.807, 2.05) is 0 Å². The number of pyridine rings is 1. The van der Waals surface area contributed by atoms with Gasteiger partial charge in [-0.2, -0.15) is 5.26 Å². The van der Waals surface area contributed by atoms with Crippen molar-refractivity contribution in [3.8, 4) is 17.3 Å². The minimum Gasteiger partial charge on any atom is -0.298 e. The largest absolute Gasteiger partial charge is 0.298 e. The molecule has 2 aromatic heterocycles. The number of rotatable bonds is 2. The van der Waals surface area contributed by atoms with Gasteiger partial charge in [0.25, 0.3) is 0 Å². The summed E-state index contributed by atoms with van der Waals surface area (Å²) in [4.78, 5) is 4.42. The van der Waals surface area contributed by atoms with Gasteiger partial charge in [0.15, 0.2) is 9.84 Å². The second-order valence-electron chi connectivity index (χ2n) is 4.82. The lowest BCUT2D eigenvalue weighted by molar-refractivity contribution is 0.602. The molecule has 0 amide bonds. The monoisotopic (exact) mass is 331 g/mol. The van der Waals surface area contributed by atoms with Gasteiger partial charge in [-0.05, 0) is 24.3 Å². The van der Waals surface area contributed by atoms with Crippen molar-refractivity contribution in [2.24, 2.45) is 0 Å². The van der Waals surface area contributed by atoms with Crippen molar-refractivity contribution >= 4 is 27.1 Å². The summed E-state index contributed by atoms with van der Waals surface area (Å²) in [7, 11) is -3.31. The summed E-state index contributed by atoms with van der Waals surface area (Å²) >= 11 is 6.23. The van der Waals surface area contributed by atoms with Crippen molar-refractivity contribution in [3.63, 3.8) is 0 Å². The molecule has 0 bridgehead atoms. The molecule has 0 atom stereocenters. The minimum atomic E-state index is -3.31. The molecular formula is C15H10ClN3O2S. The molecule has 3 aromatic rings. The average Bonchev–Trinajstić information content (AvgIpc) is 2.89. The molecule has 7 heteroatoms. The van der Waals surface area contributed by atoms with E-state index in [4.69, 9.17) is 16.9 Å². The number of sulfone groups is 1. The molecule has 3 rings (SSSR count). The molecule has 2 heterocycles. The summed E-state index contributed by atoms with van der Waals surface area (Å²) in [6, 6.07) is 10.0. The first-order chi connectivity index (χ1) is 10.4. The first-order valence-corrected chi connectivity index (χ1v) is 8.54. The molecule has 1 aromatic carbocycles. The van der Waals surface area contributed by atoms with E-state index in [2.05, 4.69) is 11.1 Å². The van der Waals surface area contributed by atoms with Crippen LogP contribution in [0.3, 0.4) is 0 Å². The van der Waals surface area contributed by atoms with E-state index in [9.17, 15) is 8.42 Å². The van der Waals surface area contributed by atoms with E-state index >= 15 is 0 Å². The van der Waals surface area contributed by atoms with Crippen LogP contribution in [0.4, 0.5) is 0 Å². The Balaban J connectivity index is 2.22. The average molecular weight is 332 g/mol. The maximum Gasteiger partial charge on any atom is 0.175 e. The van der Waals surface area contributed by atoms with Crippen molar-refractivity contribution in [3.05, 3.63) is 53.3 Å². The van der Waals surface area contributed by atoms with Crippen molar-refractivity contribution < 1.29 is 8.42 Å². The van der Waals surface area contributed by atoms with Crippen LogP contribution >= 0.6 is 11.6 Å². The van der Waals surface area contributed by atoms with Crippen LogP contribution in [0.5, 0.6) is 0 Å². The van der Waals surface area contributed by atoms with E-state index in [1.165, 1.54) is 12.1 Å². The van der Waals surface area contributed by atoms with Gasteiger partial charge in [-0.25, -0.2) is 13.4 Å². The van der Waals surface area contributed by atoms with Gasteiger partial charge in [0.05, 0.1) is 27.4 Å². The van der Waals surface area contributed by atoms with Gasteiger partial charge in [-0.1, -0.05) is 17.7 Å². The number of imidazole rings is 1. The minimum absolute atomic E-state index is 0.160. The van der Waals surface area contributed by atoms with Crippen LogP contribution in [0.2, 0.25) is 5.02 Å². The summed E-state index contributed by atoms with van der Waals surface area (Å²) in [5.74, 6) is 0. The number of benzene rings is 1. The summed E-state index contributed by atoms with van der Waals surface area (Å²) in [6.07, 6.45) is 4.43. The Morgan fingerprint density at radius 1 is 1.27 bits per heavy atom. The Morgan fingerprint density at radius 2 is 2.05 bits per heavy atom. The second kappa shape index (κ2) is 5.13. The van der Waals surface area contributed by atoms with Crippen LogP contribution in [0.1, 0.15) is 5.56 Å². The first-order valence-electron chi connectivity index (χ1n) is 6.27. The van der Waals surface area contributed by atoms with E-state index in [-0.39, 0.29) is 4.90 Å². The number of fused-ring (bicyclic) bond motifs is 1. The van der Waals surface area contributed by atoms with Gasteiger partial charge in [-0.15, -0.1) is 0 Å². The van der Waals surface area contributed by atoms with Crippen LogP contribution in [0.25, 0.3) is 16.9 Å². The molecule has 5 nitrogen and oxygen atoms in total. The fraction of sp³-hybridized carbons (Fsp3) is 0.0667. The normalized spacial score (nSPS) is 11.5. The molecule has 0 unspecified atom stereocenters. The van der Waals surface area contributed by atoms with Crippen LogP contribution < -0.4 is 0 Å². The first kappa shape index (κ1) is 14.6. The molecule has 0 fully saturated rings. The maximum atomic E-state index is 11.6. The molecule has 0 radical (unpaired) electrons. The summed E-state index contributed by atoms with van der Waals surface area (Å²) in [5, 5.41) is 9.31. The van der Waals surface area contributed by atoms with Crippen molar-refractivity contribution in [1.29, 1.82) is 5.26 Å². The fourth-order valence-electron chi connectivity index (χ4n) is 2.18. The van der Waals surface area contributed by atoms with Crippen LogP contribution in [0, 0.1) is 11.3 Å². The standard InChI is InChI=1S/C15H10ClN3O2S/c1-22(20,21)11-3-4-12(13(16)6-11)14-8-18-15-5-2-10(7-17)9-19(14)15/h2-6,8-9H,1H3. The highest BCUT2D eigenvalue weighted by Gasteiger charge is 2.14. The van der Waals surface area contributed by atoms with Crippen LogP contribution in [-0.4, -0.2) is 24.1 Å². The lowest BCUT2D eigenvalue weighted by Gasteiger charge is -2.07. The van der Waals surface area contributed by atoms with Crippen LogP contribution in [0.15, 0.2) is 47.6 Å². The third-order valence-electron chi connectivity index (χ3n) is 3.28. The number of nitriles is 1. The molecule has 110 valence electrons. The molecular weight excluding hydrogens is 322 g/mol. The highest BCUT2D eigenvalue weighted by Crippen LogP contribution is 2.30. The predicted molar refractivity (Wildman–Crippen MR) is 83.5 cm³/mol. The fourth-order valence-corrected chi connectivity index (χ4v) is 3.17. The number of nitrogens with zero attached hydrogens (tertiary/aromatic N) is 3. The zero-order valence-corrected chi connectivity index (χ0v) is 13.1. The zero-order valence-electron chi connectivity index (χ0n) is 11.5. The molecule has 22 heavy (non-hydrogen) atoms. The van der Waals surface area contributed by atoms with Crippen molar-refractivity contribution in [2.45, 2.75) is 4.90 Å². The lowest BCUT2D eigenvalue weighted by atomic mass is 10.1. The molecule has 0 saturated heterocycles. The Kier molecular flexibility index (Phi) is 3.39. The Labute approximate surface area is 132 Å². The number of aromatic nitrogens is 2. The third-order valence-corrected chi connectivity index (χ3v) is 4.70. The smallest absolute Gasteiger partial charge is 0.175 e. The molecule has 0 aliphatic heterocycles. The van der Waals surface area contributed by atoms with E-state index in [0.717, 1.165) is 6.26 Å². The van der Waals surface area contributed by atoms with Gasteiger partial charge in [0.1, 0.15) is 11.7 Å². The molecule has 0 N–H and O–H groups in total. The molecule has 0 aliphatic carbocycles. The summed E-state index contributed by atoms with van der Waals surface area (Å²) in [6.45, 7) is 0. The van der Waals surface area contributed by atoms with Gasteiger partial charge in [0.2, 0.25) is 0 Å². The van der Waals surface area contributed by atoms with Crippen molar-refractivity contribution in [2.75, 3.05) is 6.26 Å². The zero-order chi connectivity index (χ0) is 15.9. The third kappa shape index (κ3) is 2.45. The maximum absolute atomic E-state index is 11.6. The van der Waals surface area contributed by atoms with E-state index < -0.39 is 9.84 Å². The van der Waals surface area contributed by atoms with Gasteiger partial charge < -0.3 is 0 Å². The summed E-state index contributed by atoms with van der Waals surface area (Å²) in [5.41, 5.74) is 2.52. The van der Waals surface area contributed by atoms with Gasteiger partial charge in [-0.3, -0.25) is 4.40 Å². The summed E-state index contributed by atoms with van der Waals surface area (Å²) < 4.78 is 24.9. The SMILES string of the molecule is CS(=O)(=O)c1ccc(-c2cnc3ccc(C#N)cn23)c(Cl)c1. The molecule has 0 spiro atoms. The molecule has 0 saturated carbocycles. The van der Waals surface area contributed by atoms with Gasteiger partial charge >= 0.3 is 0 Å². The Morgan fingerprint density at radius 3 is 2.68 bits per heavy atom. The number of halogens is 1. The highest BCUT2D eigenvalue weighted by molar-refractivity contribution is 7.90. The van der Waals surface area contributed by atoms with Crippen LogP contribution in [-0.2, 0) is 9.84 Å². The topological polar surface area (TPSA) is 75.2 Å². The van der Waals surface area contributed by atoms with Gasteiger partial charge in [0, 0.05) is 18.0 Å². The highest BCUT2D eigenvalue weighted by atomic mass is 35.5. The number of hydrogen-bond acceptors (Lipinski definition) is 4. The quantitative estimate of drug-likeness (QED) is 0.723. The Hall–Kier alpha value is -2.36. The number of hydrogen-bond donors (Lipinski definition) is 0. The second-order valence-corrected chi connectivity index (χ2v) is 7.24. The lowest BCUT2D eigenvalue weighted by Crippen LogP contribution is -1.97. The Bertz CT molecular complexity index is 1030. The van der Waals surface area contributed by atoms with E-state index in [1.54, 1.807) is 35.0 Å². The predicted octanol–water partition coefficient (Wildman–Crippen LogP) is 2.93. The van der Waals surface area contributed by atoms with E-state index in [0.29, 0.717) is 27.5 Å². The molecule has 0 aliphatic rings. The van der Waals surface area contributed by atoms with Crippen molar-refractivity contribution in [1.82, 2.24) is 9.38 Å².